The van der Waals surface area contributed by atoms with Crippen LogP contribution in [0.25, 0.3) is 0 Å². The Hall–Kier alpha value is -5.11. The predicted octanol–water partition coefficient (Wildman–Crippen LogP) is 1.75. The molecule has 3 amide bonds. The topological polar surface area (TPSA) is 219 Å². The molecule has 1 fully saturated rings. The van der Waals surface area contributed by atoms with Crippen molar-refractivity contribution in [2.75, 3.05) is 31.6 Å². The molecule has 0 bridgehead atoms. The van der Waals surface area contributed by atoms with Crippen LogP contribution in [0.3, 0.4) is 0 Å². The molecular weight excluding hydrogens is 632 g/mol. The molecule has 2 atom stereocenters. The summed E-state index contributed by atoms with van der Waals surface area (Å²) in [5.41, 5.74) is -0.190. The van der Waals surface area contributed by atoms with Crippen molar-refractivity contribution in [1.82, 2.24) is 25.9 Å². The number of carbonyl (C=O) groups excluding carboxylic acids is 3. The van der Waals surface area contributed by atoms with Gasteiger partial charge in [0.25, 0.3) is 18.3 Å². The van der Waals surface area contributed by atoms with Gasteiger partial charge in [-0.15, -0.1) is 0 Å². The number of hydrogen-bond donors (Lipinski definition) is 7. The highest BCUT2D eigenvalue weighted by Gasteiger charge is 2.36. The van der Waals surface area contributed by atoms with Gasteiger partial charge in [-0.25, -0.2) is 9.37 Å². The smallest absolute Gasteiger partial charge is 0.291 e. The van der Waals surface area contributed by atoms with Crippen molar-refractivity contribution in [3.05, 3.63) is 75.8 Å². The first-order chi connectivity index (χ1) is 21.9. The van der Waals surface area contributed by atoms with E-state index in [-0.39, 0.29) is 65.3 Å². The van der Waals surface area contributed by atoms with Gasteiger partial charge in [-0.3, -0.25) is 19.2 Å². The van der Waals surface area contributed by atoms with Crippen molar-refractivity contribution < 1.29 is 42.9 Å². The van der Waals surface area contributed by atoms with Crippen LogP contribution in [-0.2, 0) is 16.0 Å². The van der Waals surface area contributed by atoms with Crippen molar-refractivity contribution in [3.63, 3.8) is 0 Å². The zero-order valence-electron chi connectivity index (χ0n) is 24.3. The van der Waals surface area contributed by atoms with Gasteiger partial charge in [0.1, 0.15) is 6.07 Å². The minimum atomic E-state index is -1.22. The van der Waals surface area contributed by atoms with Crippen molar-refractivity contribution >= 4 is 41.5 Å². The summed E-state index contributed by atoms with van der Waals surface area (Å²) in [4.78, 5) is 52.5. The number of carboxylic acid groups (broad SMARTS) is 1. The van der Waals surface area contributed by atoms with E-state index in [2.05, 4.69) is 31.2 Å². The number of halogens is 3. The molecule has 4 rings (SSSR count). The van der Waals surface area contributed by atoms with Gasteiger partial charge in [-0.2, -0.15) is 9.65 Å². The maximum Gasteiger partial charge on any atom is 0.291 e. The number of carbonyl (C=O) groups is 4. The van der Waals surface area contributed by atoms with E-state index in [4.69, 9.17) is 31.5 Å². The zero-order chi connectivity index (χ0) is 33.9. The fourth-order valence-electron chi connectivity index (χ4n) is 4.36. The molecule has 1 aromatic heterocycles. The number of amides is 3. The molecule has 14 nitrogen and oxygen atoms in total. The monoisotopic (exact) mass is 661 g/mol. The number of ether oxygens (including phenoxy) is 1. The third-order valence-corrected chi connectivity index (χ3v) is 6.83. The van der Waals surface area contributed by atoms with Crippen LogP contribution in [0.1, 0.15) is 45.6 Å². The molecule has 0 aliphatic carbocycles. The molecular formula is C29H30ClF2N7O7. The van der Waals surface area contributed by atoms with Crippen LogP contribution < -0.4 is 26.0 Å². The maximum absolute atomic E-state index is 14.4. The Morgan fingerprint density at radius 1 is 1.20 bits per heavy atom. The summed E-state index contributed by atoms with van der Waals surface area (Å²) in [7, 11) is 0. The molecule has 244 valence electrons. The van der Waals surface area contributed by atoms with Crippen LogP contribution in [0.5, 0.6) is 5.75 Å². The van der Waals surface area contributed by atoms with Gasteiger partial charge in [0.15, 0.2) is 24.0 Å². The number of benzene rings is 2. The first-order valence-electron chi connectivity index (χ1n) is 13.6. The van der Waals surface area contributed by atoms with E-state index in [1.807, 2.05) is 0 Å². The van der Waals surface area contributed by atoms with Crippen LogP contribution in [0.15, 0.2) is 36.5 Å². The second kappa shape index (κ2) is 16.3. The third kappa shape index (κ3) is 9.69. The molecule has 0 spiro atoms. The van der Waals surface area contributed by atoms with E-state index in [1.54, 1.807) is 13.0 Å². The average Bonchev–Trinajstić information content (AvgIpc) is 3.63. The van der Waals surface area contributed by atoms with E-state index in [0.717, 1.165) is 0 Å². The lowest BCUT2D eigenvalue weighted by Crippen LogP contribution is -2.43. The summed E-state index contributed by atoms with van der Waals surface area (Å²) in [6, 6.07) is 7.96. The average molecular weight is 662 g/mol. The van der Waals surface area contributed by atoms with Gasteiger partial charge >= 0.3 is 0 Å². The quantitative estimate of drug-likeness (QED) is 0.117. The molecule has 1 aliphatic heterocycles. The number of aromatic amines is 1. The zero-order valence-corrected chi connectivity index (χ0v) is 25.1. The highest BCUT2D eigenvalue weighted by atomic mass is 35.5. The van der Waals surface area contributed by atoms with Gasteiger partial charge in [0, 0.05) is 50.1 Å². The second-order valence-corrected chi connectivity index (χ2v) is 10.6. The summed E-state index contributed by atoms with van der Waals surface area (Å²) < 4.78 is 33.5. The first kappa shape index (κ1) is 35.4. The number of anilines is 1. The minimum Gasteiger partial charge on any atom is -0.483 e. The van der Waals surface area contributed by atoms with Crippen molar-refractivity contribution in [1.29, 1.82) is 5.26 Å². The highest BCUT2D eigenvalue weighted by Crippen LogP contribution is 2.25. The third-order valence-electron chi connectivity index (χ3n) is 6.51. The molecule has 17 heteroatoms. The molecule has 0 saturated carbocycles. The molecule has 3 aromatic rings. The number of aliphatic hydroxyl groups is 1. The van der Waals surface area contributed by atoms with E-state index < -0.39 is 41.7 Å². The number of β-amino-alcohol motifs (C(OH)–C–C–N with tert-alkyl or cyclic N) is 1. The number of nitrogens with one attached hydrogen (secondary N) is 5. The Morgan fingerprint density at radius 2 is 1.91 bits per heavy atom. The largest absolute Gasteiger partial charge is 0.483 e. The van der Waals surface area contributed by atoms with Gasteiger partial charge in [-0.05, 0) is 36.8 Å². The van der Waals surface area contributed by atoms with Crippen LogP contribution in [0.4, 0.5) is 14.5 Å². The number of nitriles is 1. The molecule has 7 N–H and O–H groups in total. The lowest BCUT2D eigenvalue weighted by Gasteiger charge is -2.14. The molecule has 1 saturated heterocycles. The fraction of sp³-hybridized carbons (Fsp3) is 0.310. The number of aromatic nitrogens is 2. The van der Waals surface area contributed by atoms with Crippen LogP contribution in [0.2, 0.25) is 5.02 Å². The molecule has 46 heavy (non-hydrogen) atoms. The van der Waals surface area contributed by atoms with E-state index in [1.165, 1.54) is 36.5 Å². The van der Waals surface area contributed by atoms with E-state index in [0.29, 0.717) is 18.7 Å². The number of hydrogen-bond acceptors (Lipinski definition) is 9. The Morgan fingerprint density at radius 3 is 2.57 bits per heavy atom. The summed E-state index contributed by atoms with van der Waals surface area (Å²) in [5.74, 6) is -4.24. The first-order valence-corrected chi connectivity index (χ1v) is 14.0. The molecule has 2 heterocycles. The summed E-state index contributed by atoms with van der Waals surface area (Å²) in [6.45, 7) is 1.60. The van der Waals surface area contributed by atoms with Crippen molar-refractivity contribution in [2.45, 2.75) is 31.4 Å². The highest BCUT2D eigenvalue weighted by molar-refractivity contribution is 6.34. The van der Waals surface area contributed by atoms with Gasteiger partial charge in [0.05, 0.1) is 22.2 Å². The lowest BCUT2D eigenvalue weighted by atomic mass is 10.0. The Labute approximate surface area is 266 Å². The number of imidazole rings is 1. The lowest BCUT2D eigenvalue weighted by molar-refractivity contribution is -0.123. The number of nitrogens with zero attached hydrogens (tertiary/aromatic N) is 2. The Balaban J connectivity index is 0.00000185. The molecule has 2 aromatic carbocycles. The summed E-state index contributed by atoms with van der Waals surface area (Å²) >= 11 is 6.26. The fourth-order valence-corrected chi connectivity index (χ4v) is 4.63. The standard InChI is InChI=1S/C28H28ClF2N7O5.CH2O2/c1-28(42)12-20(36-14-28)26(40)34-8-7-33-25(39)18-4-3-16(11-19(18)29)38-27(41)24-35-13-17(37-24)10-15-2-5-21(43-9-6-32)23(31)22(15)30;2-1-3/h2-5,11,13,20,36,42H,7-10,12,14H2,1H3,(H,33,39)(H,34,40)(H,35,37)(H,38,41);1H,(H,2,3)/t20-,28-;/m1./s1. The predicted molar refractivity (Wildman–Crippen MR) is 159 cm³/mol. The van der Waals surface area contributed by atoms with Crippen LogP contribution in [0, 0.1) is 23.0 Å². The SMILES string of the molecule is C[C@]1(O)CN[C@@H](C(=O)NCCNC(=O)c2ccc(NC(=O)c3ncc(Cc4ccc(OCC#N)c(F)c4F)[nH]3)cc2Cl)C1.O=CO. The minimum absolute atomic E-state index is 0.0134. The van der Waals surface area contributed by atoms with Gasteiger partial charge in [0.2, 0.25) is 11.7 Å². The Bertz CT molecular complexity index is 1630. The number of rotatable bonds is 11. The maximum atomic E-state index is 14.4. The van der Waals surface area contributed by atoms with Gasteiger partial charge in [-0.1, -0.05) is 17.7 Å². The summed E-state index contributed by atoms with van der Waals surface area (Å²) in [6.07, 6.45) is 1.51. The summed E-state index contributed by atoms with van der Waals surface area (Å²) in [5, 5.41) is 36.3. The normalized spacial score (nSPS) is 16.7. The van der Waals surface area contributed by atoms with E-state index in [9.17, 15) is 28.3 Å². The van der Waals surface area contributed by atoms with E-state index >= 15 is 0 Å². The molecule has 0 radical (unpaired) electrons. The second-order valence-electron chi connectivity index (χ2n) is 10.2. The van der Waals surface area contributed by atoms with Crippen LogP contribution in [-0.4, -0.2) is 82.3 Å². The molecule has 1 aliphatic rings. The molecule has 0 unspecified atom stereocenters. The van der Waals surface area contributed by atoms with Crippen molar-refractivity contribution in [3.8, 4) is 11.8 Å². The van der Waals surface area contributed by atoms with Crippen molar-refractivity contribution in [2.24, 2.45) is 0 Å². The Kier molecular flexibility index (Phi) is 12.5. The van der Waals surface area contributed by atoms with Crippen LogP contribution >= 0.6 is 11.6 Å². The van der Waals surface area contributed by atoms with Gasteiger partial charge < -0.3 is 41.2 Å². The number of H-pyrrole nitrogens is 1.